The summed E-state index contributed by atoms with van der Waals surface area (Å²) in [4.78, 5) is 0. The lowest BCUT2D eigenvalue weighted by Crippen LogP contribution is -2.17. The van der Waals surface area contributed by atoms with Crippen molar-refractivity contribution in [3.8, 4) is 11.5 Å². The highest BCUT2D eigenvalue weighted by atomic mass is 127. The van der Waals surface area contributed by atoms with Gasteiger partial charge in [-0.1, -0.05) is 12.7 Å². The van der Waals surface area contributed by atoms with Gasteiger partial charge in [0.25, 0.3) is 0 Å². The zero-order valence-corrected chi connectivity index (χ0v) is 14.9. The second-order valence-corrected chi connectivity index (χ2v) is 5.71. The molecule has 0 saturated heterocycles. The SMILES string of the molecule is C=Cc1cc(I)c(OC)c(I)c1OC(C)OCC. The molecule has 0 saturated carbocycles. The quantitative estimate of drug-likeness (QED) is 0.455. The van der Waals surface area contributed by atoms with Gasteiger partial charge < -0.3 is 14.2 Å². The average molecular weight is 474 g/mol. The Balaban J connectivity index is 3.19. The lowest BCUT2D eigenvalue weighted by molar-refractivity contribution is -0.0619. The largest absolute Gasteiger partial charge is 0.494 e. The Morgan fingerprint density at radius 2 is 2.06 bits per heavy atom. The summed E-state index contributed by atoms with van der Waals surface area (Å²) in [5.41, 5.74) is 0.941. The third-order valence-corrected chi connectivity index (χ3v) is 4.05. The van der Waals surface area contributed by atoms with Crippen molar-refractivity contribution in [2.45, 2.75) is 20.1 Å². The number of halogens is 2. The van der Waals surface area contributed by atoms with E-state index in [9.17, 15) is 0 Å². The zero-order valence-electron chi connectivity index (χ0n) is 10.6. The predicted molar refractivity (Wildman–Crippen MR) is 90.2 cm³/mol. The summed E-state index contributed by atoms with van der Waals surface area (Å²) in [6.45, 7) is 8.24. The van der Waals surface area contributed by atoms with Crippen LogP contribution in [0, 0.1) is 7.14 Å². The van der Waals surface area contributed by atoms with Crippen LogP contribution < -0.4 is 9.47 Å². The van der Waals surface area contributed by atoms with Crippen LogP contribution in [0.1, 0.15) is 19.4 Å². The van der Waals surface area contributed by atoms with Crippen LogP contribution in [0.25, 0.3) is 6.08 Å². The fourth-order valence-corrected chi connectivity index (χ4v) is 3.79. The summed E-state index contributed by atoms with van der Waals surface area (Å²) in [6, 6.07) is 1.99. The van der Waals surface area contributed by atoms with Crippen molar-refractivity contribution < 1.29 is 14.2 Å². The normalized spacial score (nSPS) is 12.1. The highest BCUT2D eigenvalue weighted by molar-refractivity contribution is 14.1. The van der Waals surface area contributed by atoms with Gasteiger partial charge >= 0.3 is 0 Å². The number of hydrogen-bond donors (Lipinski definition) is 0. The third kappa shape index (κ3) is 3.74. The van der Waals surface area contributed by atoms with Gasteiger partial charge in [-0.25, -0.2) is 0 Å². The van der Waals surface area contributed by atoms with E-state index in [-0.39, 0.29) is 6.29 Å². The van der Waals surface area contributed by atoms with Crippen molar-refractivity contribution in [1.82, 2.24) is 0 Å². The minimum Gasteiger partial charge on any atom is -0.494 e. The van der Waals surface area contributed by atoms with Crippen LogP contribution in [0.5, 0.6) is 11.5 Å². The highest BCUT2D eigenvalue weighted by Crippen LogP contribution is 2.38. The van der Waals surface area contributed by atoms with Gasteiger partial charge in [0, 0.05) is 12.2 Å². The van der Waals surface area contributed by atoms with Gasteiger partial charge in [-0.3, -0.25) is 0 Å². The molecule has 1 aromatic rings. The topological polar surface area (TPSA) is 27.7 Å². The van der Waals surface area contributed by atoms with Crippen molar-refractivity contribution >= 4 is 51.3 Å². The van der Waals surface area contributed by atoms with Crippen LogP contribution in [0.3, 0.4) is 0 Å². The number of ether oxygens (including phenoxy) is 3. The smallest absolute Gasteiger partial charge is 0.197 e. The number of hydrogen-bond acceptors (Lipinski definition) is 3. The highest BCUT2D eigenvalue weighted by Gasteiger charge is 2.17. The lowest BCUT2D eigenvalue weighted by atomic mass is 10.2. The molecule has 3 nitrogen and oxygen atoms in total. The second kappa shape index (κ2) is 7.54. The Morgan fingerprint density at radius 3 is 2.56 bits per heavy atom. The monoisotopic (exact) mass is 474 g/mol. The molecule has 1 unspecified atom stereocenters. The molecule has 0 amide bonds. The van der Waals surface area contributed by atoms with Gasteiger partial charge in [-0.15, -0.1) is 0 Å². The van der Waals surface area contributed by atoms with Crippen LogP contribution in [0.2, 0.25) is 0 Å². The van der Waals surface area contributed by atoms with Gasteiger partial charge in [-0.2, -0.15) is 0 Å². The van der Waals surface area contributed by atoms with Gasteiger partial charge in [0.05, 0.1) is 14.3 Å². The van der Waals surface area contributed by atoms with Crippen LogP contribution in [-0.2, 0) is 4.74 Å². The molecule has 100 valence electrons. The van der Waals surface area contributed by atoms with Crippen molar-refractivity contribution in [3.63, 3.8) is 0 Å². The minimum absolute atomic E-state index is 0.299. The fraction of sp³-hybridized carbons (Fsp3) is 0.385. The van der Waals surface area contributed by atoms with E-state index in [0.717, 1.165) is 24.2 Å². The molecular formula is C13H16I2O3. The molecule has 0 aliphatic rings. The van der Waals surface area contributed by atoms with E-state index in [1.807, 2.05) is 19.9 Å². The molecule has 1 rings (SSSR count). The van der Waals surface area contributed by atoms with Gasteiger partial charge in [0.1, 0.15) is 11.5 Å². The molecule has 0 aliphatic carbocycles. The van der Waals surface area contributed by atoms with Crippen molar-refractivity contribution in [1.29, 1.82) is 0 Å². The predicted octanol–water partition coefficient (Wildman–Crippen LogP) is 4.31. The van der Waals surface area contributed by atoms with Crippen LogP contribution >= 0.6 is 45.2 Å². The van der Waals surface area contributed by atoms with E-state index in [2.05, 4.69) is 51.8 Å². The molecule has 0 heterocycles. The summed E-state index contributed by atoms with van der Waals surface area (Å²) in [5.74, 6) is 1.57. The molecule has 5 heteroatoms. The average Bonchev–Trinajstić information content (AvgIpc) is 2.33. The maximum Gasteiger partial charge on any atom is 0.197 e. The van der Waals surface area contributed by atoms with Gasteiger partial charge in [0.2, 0.25) is 0 Å². The zero-order chi connectivity index (χ0) is 13.7. The fourth-order valence-electron chi connectivity index (χ4n) is 1.50. The Hall–Kier alpha value is -0.0200. The van der Waals surface area contributed by atoms with E-state index < -0.39 is 0 Å². The van der Waals surface area contributed by atoms with E-state index in [0.29, 0.717) is 6.61 Å². The molecule has 0 N–H and O–H groups in total. The molecule has 0 fully saturated rings. The molecule has 0 spiro atoms. The molecule has 1 aromatic carbocycles. The van der Waals surface area contributed by atoms with Crippen LogP contribution in [0.4, 0.5) is 0 Å². The first-order valence-corrected chi connectivity index (χ1v) is 7.67. The molecule has 18 heavy (non-hydrogen) atoms. The third-order valence-electron chi connectivity index (χ3n) is 2.27. The molecule has 0 aliphatic heterocycles. The van der Waals surface area contributed by atoms with Crippen LogP contribution in [0.15, 0.2) is 12.6 Å². The van der Waals surface area contributed by atoms with Gasteiger partial charge in [0.15, 0.2) is 6.29 Å². The van der Waals surface area contributed by atoms with Gasteiger partial charge in [-0.05, 0) is 65.1 Å². The minimum atomic E-state index is -0.299. The van der Waals surface area contributed by atoms with Crippen molar-refractivity contribution in [3.05, 3.63) is 25.3 Å². The maximum absolute atomic E-state index is 5.82. The first-order chi connectivity index (χ1) is 8.54. The summed E-state index contributed by atoms with van der Waals surface area (Å²) in [7, 11) is 1.66. The second-order valence-electron chi connectivity index (χ2n) is 3.47. The van der Waals surface area contributed by atoms with E-state index in [1.165, 1.54) is 0 Å². The maximum atomic E-state index is 5.82. The summed E-state index contributed by atoms with van der Waals surface area (Å²) >= 11 is 4.46. The molecule has 1 atom stereocenters. The summed E-state index contributed by atoms with van der Waals surface area (Å²) in [5, 5.41) is 0. The Morgan fingerprint density at radius 1 is 1.39 bits per heavy atom. The lowest BCUT2D eigenvalue weighted by Gasteiger charge is -2.19. The Kier molecular flexibility index (Phi) is 6.72. The van der Waals surface area contributed by atoms with E-state index >= 15 is 0 Å². The molecule has 0 radical (unpaired) electrons. The standard InChI is InChI=1S/C13H16I2O3/c1-5-9-7-10(14)13(16-4)11(15)12(9)18-8(3)17-6-2/h5,7-8H,1,6H2,2-4H3. The van der Waals surface area contributed by atoms with Crippen LogP contribution in [-0.4, -0.2) is 20.0 Å². The summed E-state index contributed by atoms with van der Waals surface area (Å²) < 4.78 is 18.6. The Labute approximate surface area is 135 Å². The number of methoxy groups -OCH3 is 1. The molecule has 0 aromatic heterocycles. The first-order valence-electron chi connectivity index (χ1n) is 5.51. The summed E-state index contributed by atoms with van der Waals surface area (Å²) in [6.07, 6.45) is 1.48. The first kappa shape index (κ1) is 16.0. The number of rotatable bonds is 6. The number of benzene rings is 1. The van der Waals surface area contributed by atoms with Crippen molar-refractivity contribution in [2.24, 2.45) is 0 Å². The Bertz CT molecular complexity index is 433. The van der Waals surface area contributed by atoms with E-state index in [1.54, 1.807) is 13.2 Å². The molecule has 0 bridgehead atoms. The molecular weight excluding hydrogens is 458 g/mol. The van der Waals surface area contributed by atoms with Crippen molar-refractivity contribution in [2.75, 3.05) is 13.7 Å². The van der Waals surface area contributed by atoms with E-state index in [4.69, 9.17) is 14.2 Å².